The number of hydrogen-bond acceptors (Lipinski definition) is 5. The lowest BCUT2D eigenvalue weighted by Gasteiger charge is -2.17. The molecule has 0 spiro atoms. The summed E-state index contributed by atoms with van der Waals surface area (Å²) in [4.78, 5) is 40.3. The van der Waals surface area contributed by atoms with Crippen molar-refractivity contribution >= 4 is 35.0 Å². The number of ether oxygens (including phenoxy) is 1. The van der Waals surface area contributed by atoms with Crippen LogP contribution in [0.4, 0.5) is 11.4 Å². The Hall–Kier alpha value is -5.02. The number of para-hydroxylation sites is 2. The molecule has 1 aromatic heterocycles. The van der Waals surface area contributed by atoms with Gasteiger partial charge in [-0.1, -0.05) is 66.7 Å². The highest BCUT2D eigenvalue weighted by atomic mass is 32.2. The van der Waals surface area contributed by atoms with Crippen LogP contribution >= 0.6 is 11.8 Å². The number of benzene rings is 4. The minimum absolute atomic E-state index is 0.109. The SMILES string of the molecule is Cc1c(NC(=O)C(Sc2ccc(NC(=O)COc3ccccc3)cc2)c2ccccc2)c(=O)n(-c2ccccc2)n1C. The fraction of sp³-hybridized carbons (Fsp3) is 0.121. The normalized spacial score (nSPS) is 11.5. The van der Waals surface area contributed by atoms with Gasteiger partial charge in [0.1, 0.15) is 16.7 Å². The Labute approximate surface area is 247 Å². The van der Waals surface area contributed by atoms with Crippen LogP contribution in [-0.4, -0.2) is 27.8 Å². The van der Waals surface area contributed by atoms with E-state index < -0.39 is 5.25 Å². The summed E-state index contributed by atoms with van der Waals surface area (Å²) in [5, 5.41) is 5.10. The first kappa shape index (κ1) is 28.5. The number of nitrogens with one attached hydrogen (secondary N) is 2. The Bertz CT molecular complexity index is 1720. The van der Waals surface area contributed by atoms with Crippen LogP contribution in [0.3, 0.4) is 0 Å². The topological polar surface area (TPSA) is 94.4 Å². The van der Waals surface area contributed by atoms with Crippen molar-refractivity contribution in [3.63, 3.8) is 0 Å². The lowest BCUT2D eigenvalue weighted by molar-refractivity contribution is -0.118. The highest BCUT2D eigenvalue weighted by molar-refractivity contribution is 8.00. The molecule has 2 N–H and O–H groups in total. The van der Waals surface area contributed by atoms with E-state index in [1.165, 1.54) is 16.4 Å². The van der Waals surface area contributed by atoms with Crippen LogP contribution < -0.4 is 20.9 Å². The van der Waals surface area contributed by atoms with E-state index in [0.717, 1.165) is 10.5 Å². The van der Waals surface area contributed by atoms with Gasteiger partial charge in [-0.15, -0.1) is 11.8 Å². The van der Waals surface area contributed by atoms with Gasteiger partial charge in [0, 0.05) is 17.6 Å². The Kier molecular flexibility index (Phi) is 8.89. The zero-order valence-electron chi connectivity index (χ0n) is 23.2. The molecule has 0 fully saturated rings. The van der Waals surface area contributed by atoms with Gasteiger partial charge < -0.3 is 15.4 Å². The molecule has 0 aliphatic rings. The van der Waals surface area contributed by atoms with Gasteiger partial charge in [-0.2, -0.15) is 0 Å². The highest BCUT2D eigenvalue weighted by Crippen LogP contribution is 2.36. The van der Waals surface area contributed by atoms with E-state index in [0.29, 0.717) is 22.8 Å². The van der Waals surface area contributed by atoms with Crippen LogP contribution in [0.15, 0.2) is 125 Å². The molecule has 0 saturated heterocycles. The predicted octanol–water partition coefficient (Wildman–Crippen LogP) is 5.97. The molecule has 5 rings (SSSR count). The summed E-state index contributed by atoms with van der Waals surface area (Å²) in [5.41, 5.74) is 2.70. The van der Waals surface area contributed by atoms with Crippen molar-refractivity contribution < 1.29 is 14.3 Å². The second-order valence-corrected chi connectivity index (χ2v) is 10.7. The molecule has 9 heteroatoms. The third kappa shape index (κ3) is 6.64. The second-order valence-electron chi connectivity index (χ2n) is 9.51. The fourth-order valence-corrected chi connectivity index (χ4v) is 5.44. The van der Waals surface area contributed by atoms with Crippen LogP contribution in [0.2, 0.25) is 0 Å². The van der Waals surface area contributed by atoms with E-state index >= 15 is 0 Å². The summed E-state index contributed by atoms with van der Waals surface area (Å²) in [7, 11) is 1.79. The van der Waals surface area contributed by atoms with Gasteiger partial charge in [-0.25, -0.2) is 4.68 Å². The molecule has 2 amide bonds. The van der Waals surface area contributed by atoms with Crippen LogP contribution in [0.5, 0.6) is 5.75 Å². The van der Waals surface area contributed by atoms with Crippen LogP contribution in [-0.2, 0) is 16.6 Å². The van der Waals surface area contributed by atoms with Crippen LogP contribution in [0.1, 0.15) is 16.5 Å². The summed E-state index contributed by atoms with van der Waals surface area (Å²) in [6, 6.07) is 35.1. The van der Waals surface area contributed by atoms with Crippen LogP contribution in [0.25, 0.3) is 5.69 Å². The van der Waals surface area contributed by atoms with Gasteiger partial charge >= 0.3 is 0 Å². The van der Waals surface area contributed by atoms with Crippen molar-refractivity contribution in [2.24, 2.45) is 7.05 Å². The number of aromatic nitrogens is 2. The number of amides is 2. The van der Waals surface area contributed by atoms with Gasteiger partial charge in [0.15, 0.2) is 6.61 Å². The molecule has 0 aliphatic heterocycles. The van der Waals surface area contributed by atoms with Gasteiger partial charge in [-0.3, -0.25) is 19.1 Å². The van der Waals surface area contributed by atoms with Crippen molar-refractivity contribution in [1.29, 1.82) is 0 Å². The molecule has 4 aromatic carbocycles. The quantitative estimate of drug-likeness (QED) is 0.199. The molecule has 1 atom stereocenters. The van der Waals surface area contributed by atoms with Gasteiger partial charge in [0.25, 0.3) is 11.5 Å². The predicted molar refractivity (Wildman–Crippen MR) is 166 cm³/mol. The number of carbonyl (C=O) groups is 2. The first-order valence-electron chi connectivity index (χ1n) is 13.3. The van der Waals surface area contributed by atoms with Crippen molar-refractivity contribution in [3.8, 4) is 11.4 Å². The molecule has 1 heterocycles. The van der Waals surface area contributed by atoms with E-state index in [9.17, 15) is 14.4 Å². The average molecular weight is 579 g/mol. The molecule has 42 heavy (non-hydrogen) atoms. The Balaban J connectivity index is 1.31. The molecule has 1 unspecified atom stereocenters. The van der Waals surface area contributed by atoms with Crippen molar-refractivity contribution in [3.05, 3.63) is 137 Å². The smallest absolute Gasteiger partial charge is 0.295 e. The third-order valence-corrected chi connectivity index (χ3v) is 7.91. The first-order chi connectivity index (χ1) is 20.4. The molecule has 0 saturated carbocycles. The zero-order valence-corrected chi connectivity index (χ0v) is 24.0. The van der Waals surface area contributed by atoms with E-state index in [-0.39, 0.29) is 29.7 Å². The second kappa shape index (κ2) is 13.1. The summed E-state index contributed by atoms with van der Waals surface area (Å²) < 4.78 is 8.77. The summed E-state index contributed by atoms with van der Waals surface area (Å²) >= 11 is 1.36. The largest absolute Gasteiger partial charge is 0.484 e. The van der Waals surface area contributed by atoms with Crippen molar-refractivity contribution in [1.82, 2.24) is 9.36 Å². The van der Waals surface area contributed by atoms with Crippen LogP contribution in [0, 0.1) is 6.92 Å². The number of nitrogens with zero attached hydrogens (tertiary/aromatic N) is 2. The number of carbonyl (C=O) groups excluding carboxylic acids is 2. The maximum absolute atomic E-state index is 13.7. The van der Waals surface area contributed by atoms with E-state index in [4.69, 9.17) is 4.74 Å². The van der Waals surface area contributed by atoms with Crippen molar-refractivity contribution in [2.45, 2.75) is 17.1 Å². The monoisotopic (exact) mass is 578 g/mol. The third-order valence-electron chi connectivity index (χ3n) is 6.65. The molecular formula is C33H30N4O4S. The zero-order chi connectivity index (χ0) is 29.5. The first-order valence-corrected chi connectivity index (χ1v) is 14.2. The molecule has 0 bridgehead atoms. The average Bonchev–Trinajstić information content (AvgIpc) is 3.23. The molecule has 0 radical (unpaired) electrons. The maximum Gasteiger partial charge on any atom is 0.295 e. The molecule has 5 aromatic rings. The number of thioether (sulfide) groups is 1. The molecule has 0 aliphatic carbocycles. The van der Waals surface area contributed by atoms with Gasteiger partial charge in [0.2, 0.25) is 5.91 Å². The highest BCUT2D eigenvalue weighted by Gasteiger charge is 2.26. The van der Waals surface area contributed by atoms with Gasteiger partial charge in [0.05, 0.1) is 11.4 Å². The minimum atomic E-state index is -0.630. The standard InChI is InChI=1S/C33H30N4O4S/c1-23-30(33(40)37(36(23)2)26-14-8-4-9-15-26)35-32(39)31(24-12-6-3-7-13-24)42-28-20-18-25(19-21-28)34-29(38)22-41-27-16-10-5-11-17-27/h3-21,31H,22H2,1-2H3,(H,34,38)(H,35,39). The maximum atomic E-state index is 13.7. The van der Waals surface area contributed by atoms with E-state index in [1.807, 2.05) is 91.0 Å². The number of rotatable bonds is 10. The number of hydrogen-bond donors (Lipinski definition) is 2. The fourth-order valence-electron chi connectivity index (χ4n) is 4.42. The molecular weight excluding hydrogens is 548 g/mol. The molecule has 8 nitrogen and oxygen atoms in total. The molecule has 212 valence electrons. The number of anilines is 2. The Morgan fingerprint density at radius 1 is 0.810 bits per heavy atom. The van der Waals surface area contributed by atoms with Gasteiger partial charge in [-0.05, 0) is 61.0 Å². The lowest BCUT2D eigenvalue weighted by Crippen LogP contribution is -2.25. The Morgan fingerprint density at radius 3 is 2.05 bits per heavy atom. The van der Waals surface area contributed by atoms with Crippen molar-refractivity contribution in [2.75, 3.05) is 17.2 Å². The summed E-state index contributed by atoms with van der Waals surface area (Å²) in [5.74, 6) is 0.0298. The summed E-state index contributed by atoms with van der Waals surface area (Å²) in [6.07, 6.45) is 0. The minimum Gasteiger partial charge on any atom is -0.484 e. The lowest BCUT2D eigenvalue weighted by atomic mass is 10.1. The van der Waals surface area contributed by atoms with E-state index in [1.54, 1.807) is 42.9 Å². The Morgan fingerprint density at radius 2 is 1.40 bits per heavy atom. The van der Waals surface area contributed by atoms with E-state index in [2.05, 4.69) is 10.6 Å². The summed E-state index contributed by atoms with van der Waals surface area (Å²) in [6.45, 7) is 1.70.